The van der Waals surface area contributed by atoms with E-state index in [0.29, 0.717) is 31.2 Å². The maximum atomic E-state index is 13.0. The van der Waals surface area contributed by atoms with Gasteiger partial charge in [-0.3, -0.25) is 9.59 Å². The van der Waals surface area contributed by atoms with Crippen molar-refractivity contribution in [2.24, 2.45) is 11.7 Å². The van der Waals surface area contributed by atoms with Gasteiger partial charge in [-0.2, -0.15) is 0 Å². The number of nitrogens with zero attached hydrogens (tertiary/aromatic N) is 1. The number of fused-ring (bicyclic) bond motifs is 1. The van der Waals surface area contributed by atoms with Gasteiger partial charge in [0.15, 0.2) is 5.01 Å². The maximum absolute atomic E-state index is 13.0. The molecule has 1 aromatic carbocycles. The highest BCUT2D eigenvalue weighted by Crippen LogP contribution is 2.24. The Morgan fingerprint density at radius 1 is 1.35 bits per heavy atom. The Morgan fingerprint density at radius 2 is 2.19 bits per heavy atom. The molecule has 3 N–H and O–H groups in total. The molecule has 1 saturated heterocycles. The average molecular weight is 375 g/mol. The fourth-order valence-corrected chi connectivity index (χ4v) is 4.09. The van der Waals surface area contributed by atoms with Crippen LogP contribution in [-0.4, -0.2) is 42.5 Å². The molecule has 0 radical (unpaired) electrons. The standard InChI is InChI=1S/C19H25N3O3S/c20-10-4-3-8-15(21-18(24)13-6-5-11-25-12-13)17(23)19-22-14-7-1-2-9-16(14)26-19/h1-2,7,9,13,15H,3-6,8,10-12,20H2,(H,21,24)/t13?,15-/m1/s1. The number of aromatic nitrogens is 1. The summed E-state index contributed by atoms with van der Waals surface area (Å²) >= 11 is 1.37. The van der Waals surface area contributed by atoms with Gasteiger partial charge in [0, 0.05) is 6.61 Å². The summed E-state index contributed by atoms with van der Waals surface area (Å²) in [5.41, 5.74) is 6.39. The van der Waals surface area contributed by atoms with Gasteiger partial charge in [-0.1, -0.05) is 12.1 Å². The minimum Gasteiger partial charge on any atom is -0.381 e. The molecule has 2 aromatic rings. The number of nitrogens with one attached hydrogen (secondary N) is 1. The maximum Gasteiger partial charge on any atom is 0.226 e. The van der Waals surface area contributed by atoms with E-state index in [0.717, 1.165) is 35.9 Å². The minimum absolute atomic E-state index is 0.100. The number of ketones is 1. The fourth-order valence-electron chi connectivity index (χ4n) is 3.13. The predicted molar refractivity (Wildman–Crippen MR) is 102 cm³/mol. The number of ether oxygens (including phenoxy) is 1. The molecule has 6 nitrogen and oxygen atoms in total. The highest BCUT2D eigenvalue weighted by atomic mass is 32.1. The molecule has 7 heteroatoms. The van der Waals surface area contributed by atoms with Crippen molar-refractivity contribution < 1.29 is 14.3 Å². The zero-order valence-electron chi connectivity index (χ0n) is 14.8. The number of thiazole rings is 1. The van der Waals surface area contributed by atoms with Crippen LogP contribution < -0.4 is 11.1 Å². The lowest BCUT2D eigenvalue weighted by molar-refractivity contribution is -0.129. The number of carbonyl (C=O) groups excluding carboxylic acids is 2. The second kappa shape index (κ2) is 9.21. The highest BCUT2D eigenvalue weighted by molar-refractivity contribution is 7.20. The quantitative estimate of drug-likeness (QED) is 0.546. The van der Waals surface area contributed by atoms with Crippen LogP contribution in [0.4, 0.5) is 0 Å². The van der Waals surface area contributed by atoms with Gasteiger partial charge >= 0.3 is 0 Å². The van der Waals surface area contributed by atoms with Crippen molar-refractivity contribution in [2.75, 3.05) is 19.8 Å². The third kappa shape index (κ3) is 4.66. The topological polar surface area (TPSA) is 94.3 Å². The molecule has 1 aromatic heterocycles. The van der Waals surface area contributed by atoms with E-state index >= 15 is 0 Å². The zero-order valence-corrected chi connectivity index (χ0v) is 15.6. The van der Waals surface area contributed by atoms with E-state index in [-0.39, 0.29) is 17.6 Å². The smallest absolute Gasteiger partial charge is 0.226 e. The molecule has 1 aliphatic rings. The summed E-state index contributed by atoms with van der Waals surface area (Å²) in [5, 5.41) is 3.39. The summed E-state index contributed by atoms with van der Waals surface area (Å²) in [7, 11) is 0. The first-order valence-corrected chi connectivity index (χ1v) is 9.98. The number of hydrogen-bond acceptors (Lipinski definition) is 6. The second-order valence-electron chi connectivity index (χ2n) is 6.61. The Labute approximate surface area is 157 Å². The molecule has 1 aliphatic heterocycles. The highest BCUT2D eigenvalue weighted by Gasteiger charge is 2.28. The molecule has 2 heterocycles. The van der Waals surface area contributed by atoms with Crippen LogP contribution in [0.15, 0.2) is 24.3 Å². The summed E-state index contributed by atoms with van der Waals surface area (Å²) in [6, 6.07) is 7.12. The zero-order chi connectivity index (χ0) is 18.4. The summed E-state index contributed by atoms with van der Waals surface area (Å²) < 4.78 is 6.37. The van der Waals surface area contributed by atoms with E-state index < -0.39 is 6.04 Å². The third-order valence-corrected chi connectivity index (χ3v) is 5.67. The lowest BCUT2D eigenvalue weighted by atomic mass is 9.99. The molecule has 3 rings (SSSR count). The van der Waals surface area contributed by atoms with E-state index in [4.69, 9.17) is 10.5 Å². The summed E-state index contributed by atoms with van der Waals surface area (Å²) in [6.07, 6.45) is 3.87. The van der Waals surface area contributed by atoms with E-state index in [1.165, 1.54) is 11.3 Å². The molecule has 1 unspecified atom stereocenters. The van der Waals surface area contributed by atoms with Crippen molar-refractivity contribution in [3.63, 3.8) is 0 Å². The monoisotopic (exact) mass is 375 g/mol. The summed E-state index contributed by atoms with van der Waals surface area (Å²) in [4.78, 5) is 30.0. The Kier molecular flexibility index (Phi) is 6.71. The average Bonchev–Trinajstić information content (AvgIpc) is 3.11. The van der Waals surface area contributed by atoms with Gasteiger partial charge in [-0.15, -0.1) is 11.3 Å². The Morgan fingerprint density at radius 3 is 2.92 bits per heavy atom. The number of para-hydroxylation sites is 1. The minimum atomic E-state index is -0.559. The molecule has 2 atom stereocenters. The predicted octanol–water partition coefficient (Wildman–Crippen LogP) is 2.52. The van der Waals surface area contributed by atoms with Gasteiger partial charge in [0.25, 0.3) is 0 Å². The largest absolute Gasteiger partial charge is 0.381 e. The third-order valence-electron chi connectivity index (χ3n) is 4.62. The van der Waals surface area contributed by atoms with Gasteiger partial charge in [-0.25, -0.2) is 4.98 Å². The molecule has 0 saturated carbocycles. The molecule has 1 amide bonds. The normalized spacial score (nSPS) is 18.6. The van der Waals surface area contributed by atoms with Gasteiger partial charge < -0.3 is 15.8 Å². The van der Waals surface area contributed by atoms with Crippen LogP contribution in [0.2, 0.25) is 0 Å². The van der Waals surface area contributed by atoms with Gasteiger partial charge in [0.2, 0.25) is 11.7 Å². The van der Waals surface area contributed by atoms with Crippen molar-refractivity contribution in [3.05, 3.63) is 29.3 Å². The van der Waals surface area contributed by atoms with Crippen LogP contribution in [-0.2, 0) is 9.53 Å². The van der Waals surface area contributed by atoms with Crippen LogP contribution in [0.5, 0.6) is 0 Å². The number of unbranched alkanes of at least 4 members (excludes halogenated alkanes) is 1. The first-order valence-electron chi connectivity index (χ1n) is 9.17. The Bertz CT molecular complexity index is 722. The van der Waals surface area contributed by atoms with E-state index in [2.05, 4.69) is 10.3 Å². The molecule has 0 spiro atoms. The summed E-state index contributed by atoms with van der Waals surface area (Å²) in [6.45, 7) is 1.71. The van der Waals surface area contributed by atoms with Crippen molar-refractivity contribution in [1.82, 2.24) is 10.3 Å². The molecule has 0 bridgehead atoms. The Hall–Kier alpha value is -1.83. The first kappa shape index (κ1) is 18.9. The van der Waals surface area contributed by atoms with E-state index in [1.807, 2.05) is 24.3 Å². The van der Waals surface area contributed by atoms with E-state index in [1.54, 1.807) is 0 Å². The van der Waals surface area contributed by atoms with Crippen LogP contribution >= 0.6 is 11.3 Å². The molecule has 140 valence electrons. The molecule has 0 aliphatic carbocycles. The van der Waals surface area contributed by atoms with Gasteiger partial charge in [-0.05, 0) is 50.8 Å². The van der Waals surface area contributed by atoms with E-state index in [9.17, 15) is 9.59 Å². The number of hydrogen-bond donors (Lipinski definition) is 2. The lowest BCUT2D eigenvalue weighted by Crippen LogP contribution is -2.45. The number of rotatable bonds is 8. The molecule has 1 fully saturated rings. The fraction of sp³-hybridized carbons (Fsp3) is 0.526. The van der Waals surface area contributed by atoms with Crippen molar-refractivity contribution in [2.45, 2.75) is 38.1 Å². The molecular formula is C19H25N3O3S. The van der Waals surface area contributed by atoms with Crippen LogP contribution in [0, 0.1) is 5.92 Å². The molecule has 26 heavy (non-hydrogen) atoms. The van der Waals surface area contributed by atoms with Crippen molar-refractivity contribution in [1.29, 1.82) is 0 Å². The SMILES string of the molecule is NCCCC[C@@H](NC(=O)C1CCCOC1)C(=O)c1nc2ccccc2s1. The number of carbonyl (C=O) groups is 2. The van der Waals surface area contributed by atoms with Gasteiger partial charge in [0.05, 0.1) is 28.8 Å². The number of amides is 1. The van der Waals surface area contributed by atoms with Crippen molar-refractivity contribution in [3.8, 4) is 0 Å². The van der Waals surface area contributed by atoms with Crippen LogP contribution in [0.25, 0.3) is 10.2 Å². The van der Waals surface area contributed by atoms with Gasteiger partial charge in [0.1, 0.15) is 0 Å². The first-order chi connectivity index (χ1) is 12.7. The second-order valence-corrected chi connectivity index (χ2v) is 7.64. The Balaban J connectivity index is 1.73. The van der Waals surface area contributed by atoms with Crippen LogP contribution in [0.1, 0.15) is 41.9 Å². The number of benzene rings is 1. The van der Waals surface area contributed by atoms with Crippen LogP contribution in [0.3, 0.4) is 0 Å². The lowest BCUT2D eigenvalue weighted by Gasteiger charge is -2.24. The number of Topliss-reactive ketones (excluding diaryl/α,β-unsaturated/α-hetero) is 1. The van der Waals surface area contributed by atoms with Crippen molar-refractivity contribution >= 4 is 33.2 Å². The summed E-state index contributed by atoms with van der Waals surface area (Å²) in [5.74, 6) is -0.394. The molecular weight excluding hydrogens is 350 g/mol. The number of nitrogens with two attached hydrogens (primary N) is 1.